The van der Waals surface area contributed by atoms with Crippen LogP contribution in [0, 0.1) is 5.92 Å². The van der Waals surface area contributed by atoms with Crippen molar-refractivity contribution in [1.29, 1.82) is 0 Å². The predicted molar refractivity (Wildman–Crippen MR) is 63.9 cm³/mol. The Morgan fingerprint density at radius 3 is 2.38 bits per heavy atom. The molecule has 0 aromatic heterocycles. The molecule has 0 radical (unpaired) electrons. The van der Waals surface area contributed by atoms with Gasteiger partial charge in [0.05, 0.1) is 11.6 Å². The van der Waals surface area contributed by atoms with Gasteiger partial charge in [-0.25, -0.2) is 0 Å². The Hall–Kier alpha value is -0.610. The smallest absolute Gasteiger partial charge is 0.239 e. The maximum absolute atomic E-state index is 12.0. The van der Waals surface area contributed by atoms with Gasteiger partial charge in [0.2, 0.25) is 5.91 Å². The second-order valence-corrected chi connectivity index (χ2v) is 5.56. The van der Waals surface area contributed by atoms with E-state index < -0.39 is 5.60 Å². The number of likely N-dealkylation sites (tertiary alicyclic amines) is 1. The van der Waals surface area contributed by atoms with Crippen LogP contribution in [0.5, 0.6) is 0 Å². The van der Waals surface area contributed by atoms with Gasteiger partial charge in [-0.15, -0.1) is 0 Å². The van der Waals surface area contributed by atoms with E-state index in [0.29, 0.717) is 31.8 Å². The number of carbonyl (C=O) groups is 1. The van der Waals surface area contributed by atoms with E-state index in [1.54, 1.807) is 4.90 Å². The van der Waals surface area contributed by atoms with E-state index in [2.05, 4.69) is 13.8 Å². The van der Waals surface area contributed by atoms with E-state index in [1.807, 2.05) is 6.92 Å². The first-order valence-electron chi connectivity index (χ1n) is 6.08. The van der Waals surface area contributed by atoms with Crippen LogP contribution in [0.25, 0.3) is 0 Å². The first-order chi connectivity index (χ1) is 7.32. The highest BCUT2D eigenvalue weighted by molar-refractivity contribution is 5.81. The molecule has 0 saturated carbocycles. The van der Waals surface area contributed by atoms with Gasteiger partial charge >= 0.3 is 0 Å². The fourth-order valence-corrected chi connectivity index (χ4v) is 2.05. The molecule has 1 atom stereocenters. The van der Waals surface area contributed by atoms with Crippen molar-refractivity contribution in [3.05, 3.63) is 0 Å². The number of nitrogens with zero attached hydrogens (tertiary/aromatic N) is 1. The molecular weight excluding hydrogens is 204 g/mol. The van der Waals surface area contributed by atoms with Gasteiger partial charge in [-0.1, -0.05) is 13.8 Å². The van der Waals surface area contributed by atoms with Crippen molar-refractivity contribution >= 4 is 5.91 Å². The number of aliphatic hydroxyl groups is 1. The third-order valence-electron chi connectivity index (χ3n) is 3.19. The van der Waals surface area contributed by atoms with Crippen LogP contribution in [0.2, 0.25) is 0 Å². The normalized spacial score (nSPS) is 22.2. The molecule has 0 bridgehead atoms. The summed E-state index contributed by atoms with van der Waals surface area (Å²) in [5, 5.41) is 9.79. The van der Waals surface area contributed by atoms with E-state index in [1.165, 1.54) is 0 Å². The molecule has 1 amide bonds. The van der Waals surface area contributed by atoms with Crippen molar-refractivity contribution in [2.24, 2.45) is 11.7 Å². The summed E-state index contributed by atoms with van der Waals surface area (Å²) in [4.78, 5) is 13.7. The second kappa shape index (κ2) is 5.15. The van der Waals surface area contributed by atoms with Gasteiger partial charge in [0.15, 0.2) is 0 Å². The van der Waals surface area contributed by atoms with Crippen molar-refractivity contribution in [3.63, 3.8) is 0 Å². The summed E-state index contributed by atoms with van der Waals surface area (Å²) in [6, 6.07) is -0.386. The Kier molecular flexibility index (Phi) is 4.33. The first kappa shape index (κ1) is 13.5. The lowest BCUT2D eigenvalue weighted by Crippen LogP contribution is -2.50. The molecule has 3 N–H and O–H groups in total. The molecule has 16 heavy (non-hydrogen) atoms. The number of amides is 1. The van der Waals surface area contributed by atoms with Gasteiger partial charge in [-0.2, -0.15) is 0 Å². The third kappa shape index (κ3) is 3.76. The fraction of sp³-hybridized carbons (Fsp3) is 0.917. The molecule has 1 saturated heterocycles. The third-order valence-corrected chi connectivity index (χ3v) is 3.19. The van der Waals surface area contributed by atoms with E-state index >= 15 is 0 Å². The van der Waals surface area contributed by atoms with Crippen molar-refractivity contribution in [2.75, 3.05) is 13.1 Å². The van der Waals surface area contributed by atoms with Gasteiger partial charge in [0, 0.05) is 13.1 Å². The molecule has 1 aliphatic rings. The Balaban J connectivity index is 2.44. The number of carbonyl (C=O) groups excluding carboxylic acids is 1. The zero-order valence-corrected chi connectivity index (χ0v) is 10.6. The number of hydrogen-bond donors (Lipinski definition) is 2. The predicted octanol–water partition coefficient (Wildman–Crippen LogP) is 0.733. The van der Waals surface area contributed by atoms with E-state index in [0.717, 1.165) is 6.42 Å². The van der Waals surface area contributed by atoms with Crippen LogP contribution in [0.15, 0.2) is 0 Å². The average molecular weight is 228 g/mol. The van der Waals surface area contributed by atoms with Gasteiger partial charge in [-0.05, 0) is 32.1 Å². The number of hydrogen-bond acceptors (Lipinski definition) is 3. The topological polar surface area (TPSA) is 66.6 Å². The fourth-order valence-electron chi connectivity index (χ4n) is 2.05. The molecule has 94 valence electrons. The molecule has 4 heteroatoms. The van der Waals surface area contributed by atoms with Crippen molar-refractivity contribution < 1.29 is 9.90 Å². The van der Waals surface area contributed by atoms with Crippen LogP contribution in [0.1, 0.15) is 40.0 Å². The molecule has 0 aromatic carbocycles. The summed E-state index contributed by atoms with van der Waals surface area (Å²) >= 11 is 0. The van der Waals surface area contributed by atoms with Crippen LogP contribution < -0.4 is 5.73 Å². The summed E-state index contributed by atoms with van der Waals surface area (Å²) in [6.45, 7) is 7.19. The van der Waals surface area contributed by atoms with E-state index in [-0.39, 0.29) is 11.9 Å². The highest BCUT2D eigenvalue weighted by Gasteiger charge is 2.31. The van der Waals surface area contributed by atoms with Gasteiger partial charge in [0.25, 0.3) is 0 Å². The standard InChI is InChI=1S/C12H24N2O2/c1-9(2)8-10(13)11(15)14-6-4-12(3,16)5-7-14/h9-10,16H,4-8,13H2,1-3H3. The molecule has 0 aliphatic carbocycles. The van der Waals surface area contributed by atoms with E-state index in [9.17, 15) is 9.90 Å². The van der Waals surface area contributed by atoms with Crippen LogP contribution in [-0.4, -0.2) is 40.6 Å². The lowest BCUT2D eigenvalue weighted by atomic mass is 9.93. The number of rotatable bonds is 3. The SMILES string of the molecule is CC(C)CC(N)C(=O)N1CCC(C)(O)CC1. The highest BCUT2D eigenvalue weighted by atomic mass is 16.3. The molecule has 1 rings (SSSR count). The zero-order chi connectivity index (χ0) is 12.3. The minimum Gasteiger partial charge on any atom is -0.390 e. The monoisotopic (exact) mass is 228 g/mol. The van der Waals surface area contributed by atoms with Crippen molar-refractivity contribution in [3.8, 4) is 0 Å². The highest BCUT2D eigenvalue weighted by Crippen LogP contribution is 2.21. The van der Waals surface area contributed by atoms with Crippen LogP contribution in [-0.2, 0) is 4.79 Å². The summed E-state index contributed by atoms with van der Waals surface area (Å²) in [7, 11) is 0. The molecular formula is C12H24N2O2. The summed E-state index contributed by atoms with van der Waals surface area (Å²) in [6.07, 6.45) is 2.02. The molecule has 0 aromatic rings. The first-order valence-corrected chi connectivity index (χ1v) is 6.08. The Morgan fingerprint density at radius 1 is 1.44 bits per heavy atom. The summed E-state index contributed by atoms with van der Waals surface area (Å²) < 4.78 is 0. The zero-order valence-electron chi connectivity index (χ0n) is 10.6. The minimum atomic E-state index is -0.612. The maximum atomic E-state index is 12.0. The molecule has 0 spiro atoms. The number of piperidine rings is 1. The summed E-state index contributed by atoms with van der Waals surface area (Å²) in [5.74, 6) is 0.469. The lowest BCUT2D eigenvalue weighted by molar-refractivity contribution is -0.136. The van der Waals surface area contributed by atoms with Gasteiger partial charge in [0.1, 0.15) is 0 Å². The minimum absolute atomic E-state index is 0.0317. The second-order valence-electron chi connectivity index (χ2n) is 5.56. The molecule has 1 aliphatic heterocycles. The van der Waals surface area contributed by atoms with Crippen molar-refractivity contribution in [2.45, 2.75) is 51.7 Å². The quantitative estimate of drug-likeness (QED) is 0.748. The average Bonchev–Trinajstić information content (AvgIpc) is 2.15. The largest absolute Gasteiger partial charge is 0.390 e. The Bertz CT molecular complexity index is 241. The number of nitrogens with two attached hydrogens (primary N) is 1. The summed E-state index contributed by atoms with van der Waals surface area (Å²) in [5.41, 5.74) is 5.25. The van der Waals surface area contributed by atoms with Crippen LogP contribution in [0.3, 0.4) is 0 Å². The maximum Gasteiger partial charge on any atom is 0.239 e. The lowest BCUT2D eigenvalue weighted by Gasteiger charge is -2.37. The molecule has 1 fully saturated rings. The van der Waals surface area contributed by atoms with Crippen LogP contribution in [0.4, 0.5) is 0 Å². The van der Waals surface area contributed by atoms with Gasteiger partial charge in [-0.3, -0.25) is 4.79 Å². The molecule has 1 heterocycles. The Morgan fingerprint density at radius 2 is 1.94 bits per heavy atom. The molecule has 4 nitrogen and oxygen atoms in total. The van der Waals surface area contributed by atoms with Crippen molar-refractivity contribution in [1.82, 2.24) is 4.90 Å². The molecule has 1 unspecified atom stereocenters. The Labute approximate surface area is 97.8 Å². The van der Waals surface area contributed by atoms with Crippen LogP contribution >= 0.6 is 0 Å². The van der Waals surface area contributed by atoms with E-state index in [4.69, 9.17) is 5.73 Å². The van der Waals surface area contributed by atoms with Gasteiger partial charge < -0.3 is 15.7 Å².